The number of anilines is 2. The average molecular weight is 374 g/mol. The van der Waals surface area contributed by atoms with Crippen LogP contribution in [0.2, 0.25) is 0 Å². The van der Waals surface area contributed by atoms with Gasteiger partial charge in [-0.3, -0.25) is 4.72 Å². The number of rotatable bonds is 5. The Bertz CT molecular complexity index is 741. The lowest BCUT2D eigenvalue weighted by atomic mass is 10.2. The fraction of sp³-hybridized carbons (Fsp3) is 0.231. The Hall–Kier alpha value is -1.51. The molecule has 21 heavy (non-hydrogen) atoms. The number of benzene rings is 1. The smallest absolute Gasteiger partial charge is 0.266 e. The van der Waals surface area contributed by atoms with Gasteiger partial charge in [0, 0.05) is 20.2 Å². The molecule has 0 aliphatic rings. The molecule has 3 N–H and O–H groups in total. The van der Waals surface area contributed by atoms with Crippen molar-refractivity contribution in [3.05, 3.63) is 40.8 Å². The van der Waals surface area contributed by atoms with Gasteiger partial charge in [-0.15, -0.1) is 0 Å². The molecule has 0 aliphatic carbocycles. The molecule has 114 valence electrons. The van der Waals surface area contributed by atoms with Crippen LogP contribution in [0.25, 0.3) is 0 Å². The predicted molar refractivity (Wildman–Crippen MR) is 85.9 cm³/mol. The molecule has 6 nitrogen and oxygen atoms in total. The summed E-state index contributed by atoms with van der Waals surface area (Å²) >= 11 is 3.10. The van der Waals surface area contributed by atoms with Gasteiger partial charge in [-0.1, -0.05) is 12.1 Å². The van der Waals surface area contributed by atoms with Crippen LogP contribution in [0.4, 0.5) is 11.4 Å². The molecule has 1 aromatic heterocycles. The molecule has 1 aromatic carbocycles. The predicted octanol–water partition coefficient (Wildman–Crippen LogP) is 2.37. The number of halogens is 1. The zero-order chi connectivity index (χ0) is 15.6. The van der Waals surface area contributed by atoms with E-state index < -0.39 is 10.0 Å². The van der Waals surface area contributed by atoms with Crippen LogP contribution >= 0.6 is 15.9 Å². The summed E-state index contributed by atoms with van der Waals surface area (Å²) in [7, 11) is -0.0807. The van der Waals surface area contributed by atoms with E-state index in [4.69, 9.17) is 10.2 Å². The van der Waals surface area contributed by atoms with Crippen molar-refractivity contribution in [2.75, 3.05) is 23.7 Å². The molecule has 0 fully saturated rings. The summed E-state index contributed by atoms with van der Waals surface area (Å²) in [6, 6.07) is 8.54. The van der Waals surface area contributed by atoms with Crippen LogP contribution in [0.3, 0.4) is 0 Å². The number of furan rings is 1. The number of hydrogen-bond donors (Lipinski definition) is 2. The molecule has 1 heterocycles. The van der Waals surface area contributed by atoms with Gasteiger partial charge in [-0.25, -0.2) is 8.42 Å². The quantitative estimate of drug-likeness (QED) is 0.839. The zero-order valence-corrected chi connectivity index (χ0v) is 14.0. The Balaban J connectivity index is 2.40. The van der Waals surface area contributed by atoms with E-state index in [1.807, 2.05) is 31.1 Å². The Morgan fingerprint density at radius 2 is 2.00 bits per heavy atom. The van der Waals surface area contributed by atoms with E-state index in [1.54, 1.807) is 12.1 Å². The Morgan fingerprint density at radius 1 is 1.33 bits per heavy atom. The van der Waals surface area contributed by atoms with Crippen LogP contribution < -0.4 is 15.4 Å². The largest absolute Gasteiger partial charge is 0.452 e. The third-order valence-corrected chi connectivity index (χ3v) is 5.05. The van der Waals surface area contributed by atoms with Crippen molar-refractivity contribution in [2.24, 2.45) is 5.73 Å². The van der Waals surface area contributed by atoms with Crippen molar-refractivity contribution in [3.63, 3.8) is 0 Å². The summed E-state index contributed by atoms with van der Waals surface area (Å²) < 4.78 is 32.9. The molecule has 0 unspecified atom stereocenters. The summed E-state index contributed by atoms with van der Waals surface area (Å²) in [4.78, 5) is 1.85. The summed E-state index contributed by atoms with van der Waals surface area (Å²) in [6.07, 6.45) is 0. The second-order valence-corrected chi connectivity index (χ2v) is 6.94. The highest BCUT2D eigenvalue weighted by Gasteiger charge is 2.23. The highest BCUT2D eigenvalue weighted by Crippen LogP contribution is 2.30. The first kappa shape index (κ1) is 15.9. The lowest BCUT2D eigenvalue weighted by Gasteiger charge is -2.18. The van der Waals surface area contributed by atoms with Gasteiger partial charge in [-0.05, 0) is 28.1 Å². The van der Waals surface area contributed by atoms with Crippen molar-refractivity contribution in [1.82, 2.24) is 0 Å². The van der Waals surface area contributed by atoms with Crippen LogP contribution in [0, 0.1) is 0 Å². The van der Waals surface area contributed by atoms with E-state index in [0.29, 0.717) is 11.4 Å². The maximum Gasteiger partial charge on any atom is 0.266 e. The van der Waals surface area contributed by atoms with Gasteiger partial charge < -0.3 is 15.1 Å². The van der Waals surface area contributed by atoms with Crippen molar-refractivity contribution in [3.8, 4) is 0 Å². The van der Waals surface area contributed by atoms with Crippen LogP contribution in [0.5, 0.6) is 0 Å². The van der Waals surface area contributed by atoms with E-state index in [-0.39, 0.29) is 16.1 Å². The zero-order valence-electron chi connectivity index (χ0n) is 11.6. The third kappa shape index (κ3) is 3.39. The molecule has 8 heteroatoms. The number of hydrogen-bond acceptors (Lipinski definition) is 5. The monoisotopic (exact) mass is 373 g/mol. The molecule has 0 bridgehead atoms. The minimum atomic E-state index is -3.76. The number of nitrogens with two attached hydrogens (primary N) is 1. The first-order valence-corrected chi connectivity index (χ1v) is 8.40. The normalized spacial score (nSPS) is 11.4. The van der Waals surface area contributed by atoms with Crippen LogP contribution in [0.15, 0.2) is 44.3 Å². The summed E-state index contributed by atoms with van der Waals surface area (Å²) in [5.74, 6) is 0.392. The summed E-state index contributed by atoms with van der Waals surface area (Å²) in [5.41, 5.74) is 6.71. The first-order valence-electron chi connectivity index (χ1n) is 6.12. The van der Waals surface area contributed by atoms with Gasteiger partial charge in [0.15, 0.2) is 4.67 Å². The summed E-state index contributed by atoms with van der Waals surface area (Å²) in [6.45, 7) is 0.127. The number of nitrogens with one attached hydrogen (secondary N) is 1. The molecule has 0 radical (unpaired) electrons. The molecular weight excluding hydrogens is 358 g/mol. The molecular formula is C13H16BrN3O3S. The van der Waals surface area contributed by atoms with Crippen LogP contribution in [-0.2, 0) is 16.6 Å². The Kier molecular flexibility index (Phi) is 4.60. The lowest BCUT2D eigenvalue weighted by Crippen LogP contribution is -2.17. The van der Waals surface area contributed by atoms with E-state index >= 15 is 0 Å². The highest BCUT2D eigenvalue weighted by atomic mass is 79.9. The van der Waals surface area contributed by atoms with Crippen molar-refractivity contribution < 1.29 is 12.8 Å². The maximum atomic E-state index is 12.5. The van der Waals surface area contributed by atoms with Gasteiger partial charge in [0.1, 0.15) is 10.7 Å². The Morgan fingerprint density at radius 3 is 2.57 bits per heavy atom. The maximum absolute atomic E-state index is 12.5. The minimum Gasteiger partial charge on any atom is -0.452 e. The van der Waals surface area contributed by atoms with E-state index in [1.165, 1.54) is 6.07 Å². The van der Waals surface area contributed by atoms with E-state index in [0.717, 1.165) is 5.69 Å². The van der Waals surface area contributed by atoms with Crippen molar-refractivity contribution in [2.45, 2.75) is 11.4 Å². The van der Waals surface area contributed by atoms with Crippen molar-refractivity contribution >= 4 is 37.3 Å². The second kappa shape index (κ2) is 6.08. The molecule has 0 atom stereocenters. The Labute approximate surface area is 132 Å². The second-order valence-electron chi connectivity index (χ2n) is 4.57. The van der Waals surface area contributed by atoms with Crippen LogP contribution in [-0.4, -0.2) is 22.5 Å². The van der Waals surface area contributed by atoms with Gasteiger partial charge in [-0.2, -0.15) is 0 Å². The highest BCUT2D eigenvalue weighted by molar-refractivity contribution is 9.10. The van der Waals surface area contributed by atoms with Gasteiger partial charge >= 0.3 is 0 Å². The SMILES string of the molecule is CN(C)c1ccccc1NS(=O)(=O)c1cc(CN)oc1Br. The molecule has 0 aliphatic heterocycles. The fourth-order valence-corrected chi connectivity index (χ4v) is 3.90. The number of nitrogens with zero attached hydrogens (tertiary/aromatic N) is 1. The van der Waals surface area contributed by atoms with Crippen molar-refractivity contribution in [1.29, 1.82) is 0 Å². The standard InChI is InChI=1S/C13H16BrN3O3S/c1-17(2)11-6-4-3-5-10(11)16-21(18,19)12-7-9(8-15)20-13(12)14/h3-7,16H,8,15H2,1-2H3. The van der Waals surface area contributed by atoms with Gasteiger partial charge in [0.25, 0.3) is 10.0 Å². The molecule has 2 aromatic rings. The molecule has 0 saturated carbocycles. The number of sulfonamides is 1. The third-order valence-electron chi connectivity index (χ3n) is 2.83. The molecule has 0 amide bonds. The van der Waals surface area contributed by atoms with E-state index in [2.05, 4.69) is 20.7 Å². The molecule has 2 rings (SSSR count). The minimum absolute atomic E-state index is 0.0245. The molecule has 0 spiro atoms. The topological polar surface area (TPSA) is 88.6 Å². The van der Waals surface area contributed by atoms with Gasteiger partial charge in [0.05, 0.1) is 17.9 Å². The lowest BCUT2D eigenvalue weighted by molar-refractivity contribution is 0.484. The fourth-order valence-electron chi connectivity index (χ4n) is 1.83. The van der Waals surface area contributed by atoms with E-state index in [9.17, 15) is 8.42 Å². The van der Waals surface area contributed by atoms with Crippen LogP contribution in [0.1, 0.15) is 5.76 Å². The van der Waals surface area contributed by atoms with Gasteiger partial charge in [0.2, 0.25) is 0 Å². The first-order chi connectivity index (χ1) is 9.85. The average Bonchev–Trinajstić information content (AvgIpc) is 2.81. The number of para-hydroxylation sites is 2. The summed E-state index contributed by atoms with van der Waals surface area (Å²) in [5, 5.41) is 0. The molecule has 0 saturated heterocycles.